The van der Waals surface area contributed by atoms with Crippen LogP contribution in [0.4, 0.5) is 0 Å². The average Bonchev–Trinajstić information content (AvgIpc) is 2.32. The van der Waals surface area contributed by atoms with Gasteiger partial charge < -0.3 is 4.79 Å². The molecule has 0 unspecified atom stereocenters. The number of hydrogen-bond donors (Lipinski definition) is 0. The highest BCUT2D eigenvalue weighted by atomic mass is 32.2. The van der Waals surface area contributed by atoms with Gasteiger partial charge in [-0.05, 0) is 19.3 Å². The van der Waals surface area contributed by atoms with E-state index in [1.807, 2.05) is 0 Å². The Labute approximate surface area is 66.7 Å². The maximum atomic E-state index is 11.0. The van der Waals surface area contributed by atoms with Crippen LogP contribution in [0.1, 0.15) is 19.3 Å². The van der Waals surface area contributed by atoms with Crippen LogP contribution in [-0.4, -0.2) is 26.2 Å². The summed E-state index contributed by atoms with van der Waals surface area (Å²) in [7, 11) is -2.90. The molecule has 2 atom stereocenters. The van der Waals surface area contributed by atoms with Crippen molar-refractivity contribution >= 4 is 16.1 Å². The molecule has 64 valence electrons. The summed E-state index contributed by atoms with van der Waals surface area (Å²) < 4.78 is 22.0. The number of aldehydes is 1. The van der Waals surface area contributed by atoms with Gasteiger partial charge in [0.25, 0.3) is 0 Å². The summed E-state index contributed by atoms with van der Waals surface area (Å²) >= 11 is 0. The largest absolute Gasteiger partial charge is 0.303 e. The standard InChI is InChI=1S/C7H12O3S/c1-11(9,10)7-3-2-6(4-7)5-8/h5-7H,2-4H2,1H3/t6-,7-/m1/s1. The lowest BCUT2D eigenvalue weighted by molar-refractivity contribution is -0.110. The highest BCUT2D eigenvalue weighted by Crippen LogP contribution is 2.28. The molecule has 0 bridgehead atoms. The van der Waals surface area contributed by atoms with E-state index in [-0.39, 0.29) is 11.2 Å². The number of rotatable bonds is 2. The first kappa shape index (κ1) is 8.71. The van der Waals surface area contributed by atoms with Crippen LogP contribution in [0.3, 0.4) is 0 Å². The van der Waals surface area contributed by atoms with Crippen LogP contribution in [0.25, 0.3) is 0 Å². The Balaban J connectivity index is 2.62. The lowest BCUT2D eigenvalue weighted by Crippen LogP contribution is -2.16. The van der Waals surface area contributed by atoms with E-state index in [0.29, 0.717) is 12.8 Å². The minimum absolute atomic E-state index is 0.0188. The van der Waals surface area contributed by atoms with Crippen LogP contribution >= 0.6 is 0 Å². The Morgan fingerprint density at radius 1 is 1.36 bits per heavy atom. The molecule has 1 saturated carbocycles. The van der Waals surface area contributed by atoms with Crippen molar-refractivity contribution in [3.63, 3.8) is 0 Å². The second-order valence-electron chi connectivity index (χ2n) is 3.16. The Kier molecular flexibility index (Phi) is 2.32. The van der Waals surface area contributed by atoms with E-state index in [0.717, 1.165) is 12.7 Å². The van der Waals surface area contributed by atoms with Gasteiger partial charge in [-0.25, -0.2) is 8.42 Å². The van der Waals surface area contributed by atoms with Crippen molar-refractivity contribution in [3.05, 3.63) is 0 Å². The molecule has 0 aliphatic heterocycles. The molecular weight excluding hydrogens is 164 g/mol. The quantitative estimate of drug-likeness (QED) is 0.572. The number of sulfone groups is 1. The van der Waals surface area contributed by atoms with Crippen molar-refractivity contribution in [2.75, 3.05) is 6.26 Å². The molecule has 1 fully saturated rings. The van der Waals surface area contributed by atoms with Gasteiger partial charge in [0, 0.05) is 12.2 Å². The molecule has 0 aromatic heterocycles. The molecule has 1 rings (SSSR count). The molecule has 4 heteroatoms. The molecule has 0 aromatic carbocycles. The smallest absolute Gasteiger partial charge is 0.150 e. The zero-order valence-corrected chi connectivity index (χ0v) is 7.30. The van der Waals surface area contributed by atoms with E-state index in [1.54, 1.807) is 0 Å². The fraction of sp³-hybridized carbons (Fsp3) is 0.857. The Bertz CT molecular complexity index is 242. The van der Waals surface area contributed by atoms with Gasteiger partial charge in [0.15, 0.2) is 0 Å². The predicted octanol–water partition coefficient (Wildman–Crippen LogP) is 0.399. The molecule has 0 amide bonds. The third-order valence-corrected chi connectivity index (χ3v) is 3.86. The Hall–Kier alpha value is -0.380. The van der Waals surface area contributed by atoms with Gasteiger partial charge in [-0.2, -0.15) is 0 Å². The highest BCUT2D eigenvalue weighted by Gasteiger charge is 2.30. The zero-order valence-electron chi connectivity index (χ0n) is 6.49. The summed E-state index contributed by atoms with van der Waals surface area (Å²) in [4.78, 5) is 10.3. The lowest BCUT2D eigenvalue weighted by Gasteiger charge is -2.04. The topological polar surface area (TPSA) is 51.2 Å². The summed E-state index contributed by atoms with van der Waals surface area (Å²) in [5.74, 6) is -0.0188. The third kappa shape index (κ3) is 2.02. The van der Waals surface area contributed by atoms with Crippen molar-refractivity contribution in [2.24, 2.45) is 5.92 Å². The maximum absolute atomic E-state index is 11.0. The molecule has 3 nitrogen and oxygen atoms in total. The number of hydrogen-bond acceptors (Lipinski definition) is 3. The van der Waals surface area contributed by atoms with Gasteiger partial charge in [-0.15, -0.1) is 0 Å². The van der Waals surface area contributed by atoms with Gasteiger partial charge in [-0.3, -0.25) is 0 Å². The Morgan fingerprint density at radius 3 is 2.27 bits per heavy atom. The van der Waals surface area contributed by atoms with Crippen LogP contribution < -0.4 is 0 Å². The van der Waals surface area contributed by atoms with Crippen LogP contribution in [0, 0.1) is 5.92 Å². The van der Waals surface area contributed by atoms with Gasteiger partial charge in [0.2, 0.25) is 0 Å². The lowest BCUT2D eigenvalue weighted by atomic mass is 10.1. The van der Waals surface area contributed by atoms with Crippen LogP contribution in [0.2, 0.25) is 0 Å². The summed E-state index contributed by atoms with van der Waals surface area (Å²) in [6, 6.07) is 0. The minimum Gasteiger partial charge on any atom is -0.303 e. The van der Waals surface area contributed by atoms with E-state index >= 15 is 0 Å². The maximum Gasteiger partial charge on any atom is 0.150 e. The normalized spacial score (nSPS) is 32.1. The second kappa shape index (κ2) is 2.93. The molecular formula is C7H12O3S. The van der Waals surface area contributed by atoms with Crippen molar-refractivity contribution in [3.8, 4) is 0 Å². The van der Waals surface area contributed by atoms with Crippen molar-refractivity contribution in [2.45, 2.75) is 24.5 Å². The highest BCUT2D eigenvalue weighted by molar-refractivity contribution is 7.91. The van der Waals surface area contributed by atoms with Crippen molar-refractivity contribution in [1.82, 2.24) is 0 Å². The van der Waals surface area contributed by atoms with E-state index in [9.17, 15) is 13.2 Å². The third-order valence-electron chi connectivity index (χ3n) is 2.22. The van der Waals surface area contributed by atoms with Crippen LogP contribution in [0.15, 0.2) is 0 Å². The Morgan fingerprint density at radius 2 is 2.00 bits per heavy atom. The van der Waals surface area contributed by atoms with Gasteiger partial charge in [-0.1, -0.05) is 0 Å². The summed E-state index contributed by atoms with van der Waals surface area (Å²) in [5, 5.41) is -0.266. The van der Waals surface area contributed by atoms with E-state index in [4.69, 9.17) is 0 Å². The van der Waals surface area contributed by atoms with Gasteiger partial charge in [0.1, 0.15) is 16.1 Å². The molecule has 0 N–H and O–H groups in total. The molecule has 0 radical (unpaired) electrons. The fourth-order valence-electron chi connectivity index (χ4n) is 1.49. The number of carbonyl (C=O) groups is 1. The first-order valence-corrected chi connectivity index (χ1v) is 5.63. The minimum atomic E-state index is -2.90. The van der Waals surface area contributed by atoms with Crippen LogP contribution in [-0.2, 0) is 14.6 Å². The van der Waals surface area contributed by atoms with E-state index in [2.05, 4.69) is 0 Å². The molecule has 11 heavy (non-hydrogen) atoms. The average molecular weight is 176 g/mol. The summed E-state index contributed by atoms with van der Waals surface area (Å²) in [6.07, 6.45) is 4.03. The molecule has 0 aromatic rings. The molecule has 1 aliphatic rings. The first-order valence-electron chi connectivity index (χ1n) is 3.68. The SMILES string of the molecule is CS(=O)(=O)[C@@H]1CC[C@@H](C=O)C1. The summed E-state index contributed by atoms with van der Waals surface area (Å²) in [6.45, 7) is 0. The number of carbonyl (C=O) groups excluding carboxylic acids is 1. The van der Waals surface area contributed by atoms with Gasteiger partial charge >= 0.3 is 0 Å². The van der Waals surface area contributed by atoms with E-state index < -0.39 is 9.84 Å². The van der Waals surface area contributed by atoms with Crippen molar-refractivity contribution < 1.29 is 13.2 Å². The van der Waals surface area contributed by atoms with E-state index in [1.165, 1.54) is 6.26 Å². The van der Waals surface area contributed by atoms with Crippen LogP contribution in [0.5, 0.6) is 0 Å². The zero-order chi connectivity index (χ0) is 8.48. The first-order chi connectivity index (χ1) is 5.04. The molecule has 1 aliphatic carbocycles. The van der Waals surface area contributed by atoms with Crippen molar-refractivity contribution in [1.29, 1.82) is 0 Å². The molecule has 0 spiro atoms. The fourth-order valence-corrected chi connectivity index (χ4v) is 2.65. The second-order valence-corrected chi connectivity index (χ2v) is 5.49. The summed E-state index contributed by atoms with van der Waals surface area (Å²) in [5.41, 5.74) is 0. The predicted molar refractivity (Wildman–Crippen MR) is 42.0 cm³/mol. The molecule has 0 saturated heterocycles. The molecule has 0 heterocycles. The monoisotopic (exact) mass is 176 g/mol. The van der Waals surface area contributed by atoms with Gasteiger partial charge in [0.05, 0.1) is 5.25 Å².